The minimum absolute atomic E-state index is 0.0114. The van der Waals surface area contributed by atoms with Gasteiger partial charge in [0.05, 0.1) is 23.6 Å². The van der Waals surface area contributed by atoms with Crippen molar-refractivity contribution < 1.29 is 9.72 Å². The van der Waals surface area contributed by atoms with Crippen molar-refractivity contribution in [3.8, 4) is 0 Å². The molecule has 1 aromatic heterocycles. The van der Waals surface area contributed by atoms with Gasteiger partial charge >= 0.3 is 0 Å². The summed E-state index contributed by atoms with van der Waals surface area (Å²) < 4.78 is 1.84. The molecule has 1 saturated carbocycles. The zero-order valence-electron chi connectivity index (χ0n) is 12.8. The Kier molecular flexibility index (Phi) is 4.10. The first-order valence-corrected chi connectivity index (χ1v) is 7.61. The lowest BCUT2D eigenvalue weighted by Gasteiger charge is -2.15. The van der Waals surface area contributed by atoms with Crippen LogP contribution in [0.2, 0.25) is 0 Å². The van der Waals surface area contributed by atoms with Crippen LogP contribution in [0.3, 0.4) is 0 Å². The molecular weight excluding hydrogens is 296 g/mol. The van der Waals surface area contributed by atoms with Gasteiger partial charge in [0.1, 0.15) is 5.82 Å². The van der Waals surface area contributed by atoms with E-state index in [1.807, 2.05) is 4.68 Å². The van der Waals surface area contributed by atoms with Gasteiger partial charge in [-0.3, -0.25) is 14.9 Å². The second-order valence-corrected chi connectivity index (χ2v) is 5.89. The molecule has 0 spiro atoms. The Morgan fingerprint density at radius 3 is 2.96 bits per heavy atom. The summed E-state index contributed by atoms with van der Waals surface area (Å²) in [6, 6.07) is 8.15. The molecule has 0 aliphatic heterocycles. The fourth-order valence-electron chi connectivity index (χ4n) is 2.67. The molecule has 1 amide bonds. The number of nitro benzene ring substituents is 1. The van der Waals surface area contributed by atoms with E-state index in [-0.39, 0.29) is 24.1 Å². The summed E-state index contributed by atoms with van der Waals surface area (Å²) in [4.78, 5) is 22.5. The number of nitrogens with one attached hydrogen (secondary N) is 1. The highest BCUT2D eigenvalue weighted by atomic mass is 16.6. The van der Waals surface area contributed by atoms with Crippen molar-refractivity contribution in [1.29, 1.82) is 0 Å². The van der Waals surface area contributed by atoms with Crippen molar-refractivity contribution in [2.75, 3.05) is 5.32 Å². The first-order chi connectivity index (χ1) is 11.0. The van der Waals surface area contributed by atoms with Gasteiger partial charge in [-0.1, -0.05) is 12.1 Å². The zero-order valence-corrected chi connectivity index (χ0v) is 12.8. The third-order valence-corrected chi connectivity index (χ3v) is 4.11. The summed E-state index contributed by atoms with van der Waals surface area (Å²) in [5.74, 6) is 1.08. The highest BCUT2D eigenvalue weighted by molar-refractivity contribution is 5.91. The van der Waals surface area contributed by atoms with E-state index in [0.717, 1.165) is 0 Å². The molecule has 7 heteroatoms. The number of anilines is 1. The smallest absolute Gasteiger partial charge is 0.269 e. The topological polar surface area (TPSA) is 90.1 Å². The molecule has 1 atom stereocenters. The van der Waals surface area contributed by atoms with Gasteiger partial charge in [-0.05, 0) is 31.2 Å². The highest BCUT2D eigenvalue weighted by Crippen LogP contribution is 2.40. The number of nitro groups is 1. The zero-order chi connectivity index (χ0) is 16.4. The lowest BCUT2D eigenvalue weighted by Crippen LogP contribution is -2.19. The fraction of sp³-hybridized carbons (Fsp3) is 0.375. The van der Waals surface area contributed by atoms with Crippen molar-refractivity contribution in [3.05, 3.63) is 52.2 Å². The SMILES string of the molecule is C[C@H](C1CC1)n1nccc1NC(=O)Cc1cccc([N+](=O)[O-])c1. The molecule has 0 unspecified atom stereocenters. The number of hydrogen-bond acceptors (Lipinski definition) is 4. The molecule has 1 aliphatic carbocycles. The van der Waals surface area contributed by atoms with Gasteiger partial charge in [-0.25, -0.2) is 4.68 Å². The van der Waals surface area contributed by atoms with Gasteiger partial charge in [-0.2, -0.15) is 5.10 Å². The number of amides is 1. The maximum atomic E-state index is 12.2. The lowest BCUT2D eigenvalue weighted by molar-refractivity contribution is -0.384. The molecule has 1 aromatic carbocycles. The molecule has 0 radical (unpaired) electrons. The molecule has 3 rings (SSSR count). The normalized spacial score (nSPS) is 15.2. The summed E-state index contributed by atoms with van der Waals surface area (Å²) in [5.41, 5.74) is 0.598. The number of nitrogens with zero attached hydrogens (tertiary/aromatic N) is 3. The van der Waals surface area contributed by atoms with Crippen LogP contribution >= 0.6 is 0 Å². The van der Waals surface area contributed by atoms with Crippen LogP contribution in [-0.2, 0) is 11.2 Å². The van der Waals surface area contributed by atoms with Crippen molar-refractivity contribution >= 4 is 17.4 Å². The predicted octanol–water partition coefficient (Wildman–Crippen LogP) is 2.94. The van der Waals surface area contributed by atoms with Gasteiger partial charge in [0.15, 0.2) is 0 Å². The number of rotatable bonds is 6. The maximum Gasteiger partial charge on any atom is 0.269 e. The van der Waals surface area contributed by atoms with E-state index in [1.165, 1.54) is 25.0 Å². The first kappa shape index (κ1) is 15.2. The second-order valence-electron chi connectivity index (χ2n) is 5.89. The number of aromatic nitrogens is 2. The average Bonchev–Trinajstić information content (AvgIpc) is 3.27. The van der Waals surface area contributed by atoms with Crippen molar-refractivity contribution in [3.63, 3.8) is 0 Å². The number of carbonyl (C=O) groups is 1. The van der Waals surface area contributed by atoms with E-state index in [9.17, 15) is 14.9 Å². The van der Waals surface area contributed by atoms with E-state index >= 15 is 0 Å². The first-order valence-electron chi connectivity index (χ1n) is 7.61. The van der Waals surface area contributed by atoms with Crippen LogP contribution in [0.4, 0.5) is 11.5 Å². The van der Waals surface area contributed by atoms with Crippen molar-refractivity contribution in [2.24, 2.45) is 5.92 Å². The van der Waals surface area contributed by atoms with Crippen LogP contribution in [0.5, 0.6) is 0 Å². The fourth-order valence-corrected chi connectivity index (χ4v) is 2.67. The van der Waals surface area contributed by atoms with Gasteiger partial charge in [-0.15, -0.1) is 0 Å². The number of non-ortho nitro benzene ring substituents is 1. The van der Waals surface area contributed by atoms with E-state index < -0.39 is 4.92 Å². The summed E-state index contributed by atoms with van der Waals surface area (Å²) in [7, 11) is 0. The van der Waals surface area contributed by atoms with E-state index in [4.69, 9.17) is 0 Å². The standard InChI is InChI=1S/C16H18N4O3/c1-11(13-5-6-13)19-15(7-8-17-19)18-16(21)10-12-3-2-4-14(9-12)20(22)23/h2-4,7-9,11,13H,5-6,10H2,1H3,(H,18,21)/t11-/m1/s1. The summed E-state index contributed by atoms with van der Waals surface area (Å²) >= 11 is 0. The van der Waals surface area contributed by atoms with Crippen LogP contribution in [0.25, 0.3) is 0 Å². The Labute approximate surface area is 133 Å². The van der Waals surface area contributed by atoms with Gasteiger partial charge in [0.25, 0.3) is 5.69 Å². The van der Waals surface area contributed by atoms with E-state index in [1.54, 1.807) is 24.4 Å². The van der Waals surface area contributed by atoms with Crippen molar-refractivity contribution in [2.45, 2.75) is 32.2 Å². The van der Waals surface area contributed by atoms with E-state index in [0.29, 0.717) is 17.3 Å². The minimum atomic E-state index is -0.464. The monoisotopic (exact) mass is 314 g/mol. The van der Waals surface area contributed by atoms with E-state index in [2.05, 4.69) is 17.3 Å². The molecule has 7 nitrogen and oxygen atoms in total. The van der Waals surface area contributed by atoms with Crippen LogP contribution in [-0.4, -0.2) is 20.6 Å². The lowest BCUT2D eigenvalue weighted by atomic mass is 10.1. The van der Waals surface area contributed by atoms with Crippen LogP contribution in [0.15, 0.2) is 36.5 Å². The second kappa shape index (κ2) is 6.20. The number of hydrogen-bond donors (Lipinski definition) is 1. The highest BCUT2D eigenvalue weighted by Gasteiger charge is 2.30. The Morgan fingerprint density at radius 1 is 1.48 bits per heavy atom. The third-order valence-electron chi connectivity index (χ3n) is 4.11. The van der Waals surface area contributed by atoms with Crippen LogP contribution in [0, 0.1) is 16.0 Å². The van der Waals surface area contributed by atoms with Crippen molar-refractivity contribution in [1.82, 2.24) is 9.78 Å². The Morgan fingerprint density at radius 2 is 2.26 bits per heavy atom. The Bertz CT molecular complexity index is 736. The third kappa shape index (κ3) is 3.56. The molecule has 0 saturated heterocycles. The molecule has 1 aliphatic rings. The molecule has 1 fully saturated rings. The van der Waals surface area contributed by atoms with Crippen LogP contribution < -0.4 is 5.32 Å². The maximum absolute atomic E-state index is 12.2. The quantitative estimate of drug-likeness (QED) is 0.655. The molecule has 0 bridgehead atoms. The summed E-state index contributed by atoms with van der Waals surface area (Å²) in [6.45, 7) is 2.10. The predicted molar refractivity (Wildman–Crippen MR) is 85.1 cm³/mol. The van der Waals surface area contributed by atoms with Gasteiger partial charge in [0.2, 0.25) is 5.91 Å². The molecular formula is C16H18N4O3. The summed E-state index contributed by atoms with van der Waals surface area (Å²) in [6.07, 6.45) is 4.15. The molecule has 1 N–H and O–H groups in total. The van der Waals surface area contributed by atoms with Crippen LogP contribution in [0.1, 0.15) is 31.4 Å². The minimum Gasteiger partial charge on any atom is -0.311 e. The number of carbonyl (C=O) groups excluding carboxylic acids is 1. The molecule has 23 heavy (non-hydrogen) atoms. The average molecular weight is 314 g/mol. The molecule has 120 valence electrons. The largest absolute Gasteiger partial charge is 0.311 e. The number of benzene rings is 1. The summed E-state index contributed by atoms with van der Waals surface area (Å²) in [5, 5.41) is 17.9. The molecule has 2 aromatic rings. The Balaban J connectivity index is 1.67. The van der Waals surface area contributed by atoms with Gasteiger partial charge < -0.3 is 5.32 Å². The molecule has 1 heterocycles. The van der Waals surface area contributed by atoms with Gasteiger partial charge in [0, 0.05) is 18.2 Å². The Hall–Kier alpha value is -2.70.